The van der Waals surface area contributed by atoms with Gasteiger partial charge in [-0.2, -0.15) is 0 Å². The van der Waals surface area contributed by atoms with Crippen LogP contribution < -0.4 is 9.04 Å². The quantitative estimate of drug-likeness (QED) is 0.678. The monoisotopic (exact) mass is 404 g/mol. The molecule has 28 heavy (non-hydrogen) atoms. The van der Waals surface area contributed by atoms with Crippen molar-refractivity contribution in [3.8, 4) is 5.75 Å². The first-order valence-electron chi connectivity index (χ1n) is 9.16. The number of hydrogen-bond donors (Lipinski definition) is 0. The summed E-state index contributed by atoms with van der Waals surface area (Å²) >= 11 is 0. The first-order chi connectivity index (χ1) is 13.1. The minimum absolute atomic E-state index is 0.278. The summed E-state index contributed by atoms with van der Waals surface area (Å²) in [5, 5.41) is 0. The molecule has 0 saturated carbocycles. The lowest BCUT2D eigenvalue weighted by Gasteiger charge is -2.31. The van der Waals surface area contributed by atoms with E-state index in [1.165, 1.54) is 0 Å². The number of aryl methyl sites for hydroxylation is 1. The van der Waals surface area contributed by atoms with E-state index in [2.05, 4.69) is 0 Å². The van der Waals surface area contributed by atoms with Crippen LogP contribution in [-0.2, 0) is 21.4 Å². The largest absolute Gasteiger partial charge is 0.494 e. The number of benzene rings is 2. The highest BCUT2D eigenvalue weighted by atomic mass is 32.2. The number of likely N-dealkylation sites (N-methyl/N-ethyl adjacent to an activating group) is 1. The molecule has 0 fully saturated rings. The number of ether oxygens (including phenoxy) is 1. The Balaban J connectivity index is 2.22. The van der Waals surface area contributed by atoms with Gasteiger partial charge in [0.1, 0.15) is 11.8 Å². The number of carbonyl (C=O) groups is 1. The Labute approximate surface area is 167 Å². The number of hydrogen-bond acceptors (Lipinski definition) is 4. The van der Waals surface area contributed by atoms with Crippen LogP contribution in [0.15, 0.2) is 48.5 Å². The Hall–Kier alpha value is -2.54. The van der Waals surface area contributed by atoms with E-state index in [1.54, 1.807) is 43.1 Å². The number of carbonyl (C=O) groups excluding carboxylic acids is 1. The van der Waals surface area contributed by atoms with Gasteiger partial charge in [-0.25, -0.2) is 8.42 Å². The number of rotatable bonds is 8. The Bertz CT molecular complexity index is 893. The van der Waals surface area contributed by atoms with Crippen molar-refractivity contribution in [1.29, 1.82) is 0 Å². The predicted octanol–water partition coefficient (Wildman–Crippen LogP) is 3.21. The highest BCUT2D eigenvalue weighted by Gasteiger charge is 2.31. The minimum atomic E-state index is -3.65. The SMILES string of the molecule is CCOc1ccc(N([C@@H](C)C(=O)N(C)Cc2ccc(C)cc2)S(C)(=O)=O)cc1. The van der Waals surface area contributed by atoms with Gasteiger partial charge in [0.2, 0.25) is 15.9 Å². The third kappa shape index (κ3) is 5.48. The maximum Gasteiger partial charge on any atom is 0.246 e. The molecule has 0 bridgehead atoms. The third-order valence-electron chi connectivity index (χ3n) is 4.39. The van der Waals surface area contributed by atoms with Gasteiger partial charge in [0.05, 0.1) is 18.6 Å². The first-order valence-corrected chi connectivity index (χ1v) is 11.0. The molecule has 0 aromatic heterocycles. The van der Waals surface area contributed by atoms with Crippen molar-refractivity contribution in [2.75, 3.05) is 24.2 Å². The van der Waals surface area contributed by atoms with Crippen LogP contribution in [0.25, 0.3) is 0 Å². The van der Waals surface area contributed by atoms with E-state index in [0.717, 1.165) is 21.7 Å². The Kier molecular flexibility index (Phi) is 7.07. The molecule has 2 aromatic carbocycles. The summed E-state index contributed by atoms with van der Waals surface area (Å²) in [4.78, 5) is 14.5. The molecule has 1 atom stereocenters. The molecule has 2 aromatic rings. The third-order valence-corrected chi connectivity index (χ3v) is 5.63. The van der Waals surface area contributed by atoms with Gasteiger partial charge in [-0.1, -0.05) is 29.8 Å². The molecule has 0 aliphatic carbocycles. The summed E-state index contributed by atoms with van der Waals surface area (Å²) in [6.45, 7) is 6.41. The van der Waals surface area contributed by atoms with Crippen molar-refractivity contribution in [3.05, 3.63) is 59.7 Å². The highest BCUT2D eigenvalue weighted by Crippen LogP contribution is 2.24. The average Bonchev–Trinajstić information content (AvgIpc) is 2.63. The van der Waals surface area contributed by atoms with Gasteiger partial charge in [-0.15, -0.1) is 0 Å². The molecule has 0 aliphatic rings. The lowest BCUT2D eigenvalue weighted by atomic mass is 10.1. The van der Waals surface area contributed by atoms with Gasteiger partial charge >= 0.3 is 0 Å². The van der Waals surface area contributed by atoms with E-state index in [-0.39, 0.29) is 5.91 Å². The fraction of sp³-hybridized carbons (Fsp3) is 0.381. The minimum Gasteiger partial charge on any atom is -0.494 e. The molecule has 152 valence electrons. The molecular formula is C21H28N2O4S. The maximum atomic E-state index is 12.9. The lowest BCUT2D eigenvalue weighted by molar-refractivity contribution is -0.131. The molecule has 0 spiro atoms. The molecule has 1 amide bonds. The van der Waals surface area contributed by atoms with Gasteiger partial charge in [0.15, 0.2) is 0 Å². The van der Waals surface area contributed by atoms with Gasteiger partial charge in [0.25, 0.3) is 0 Å². The van der Waals surface area contributed by atoms with Crippen LogP contribution in [0.3, 0.4) is 0 Å². The van der Waals surface area contributed by atoms with Gasteiger partial charge in [-0.05, 0) is 50.6 Å². The van der Waals surface area contributed by atoms with Crippen LogP contribution in [0.5, 0.6) is 5.75 Å². The van der Waals surface area contributed by atoms with Crippen LogP contribution in [0, 0.1) is 6.92 Å². The molecule has 0 radical (unpaired) electrons. The van der Waals surface area contributed by atoms with E-state index in [0.29, 0.717) is 24.6 Å². The zero-order valence-electron chi connectivity index (χ0n) is 17.0. The van der Waals surface area contributed by atoms with E-state index < -0.39 is 16.1 Å². The van der Waals surface area contributed by atoms with Crippen LogP contribution in [-0.4, -0.2) is 45.2 Å². The van der Waals surface area contributed by atoms with Crippen molar-refractivity contribution < 1.29 is 17.9 Å². The molecule has 0 unspecified atom stereocenters. The zero-order valence-corrected chi connectivity index (χ0v) is 17.9. The summed E-state index contributed by atoms with van der Waals surface area (Å²) in [6, 6.07) is 13.7. The second-order valence-electron chi connectivity index (χ2n) is 6.84. The Morgan fingerprint density at radius 3 is 2.14 bits per heavy atom. The summed E-state index contributed by atoms with van der Waals surface area (Å²) in [5.41, 5.74) is 2.56. The van der Waals surface area contributed by atoms with Crippen LogP contribution in [0.4, 0.5) is 5.69 Å². The van der Waals surface area contributed by atoms with Crippen molar-refractivity contribution in [2.24, 2.45) is 0 Å². The summed E-state index contributed by atoms with van der Waals surface area (Å²) in [7, 11) is -1.98. The van der Waals surface area contributed by atoms with Crippen LogP contribution in [0.1, 0.15) is 25.0 Å². The molecule has 7 heteroatoms. The molecule has 0 aliphatic heterocycles. The summed E-state index contributed by atoms with van der Waals surface area (Å²) < 4.78 is 31.4. The molecule has 0 saturated heterocycles. The van der Waals surface area contributed by atoms with Crippen molar-refractivity contribution in [2.45, 2.75) is 33.4 Å². The van der Waals surface area contributed by atoms with Crippen molar-refractivity contribution in [1.82, 2.24) is 4.90 Å². The van der Waals surface area contributed by atoms with E-state index in [9.17, 15) is 13.2 Å². The van der Waals surface area contributed by atoms with E-state index in [4.69, 9.17) is 4.74 Å². The van der Waals surface area contributed by atoms with Crippen LogP contribution >= 0.6 is 0 Å². The normalized spacial score (nSPS) is 12.3. The van der Waals surface area contributed by atoms with E-state index in [1.807, 2.05) is 38.1 Å². The maximum absolute atomic E-state index is 12.9. The summed E-state index contributed by atoms with van der Waals surface area (Å²) in [6.07, 6.45) is 1.10. The second-order valence-corrected chi connectivity index (χ2v) is 8.70. The zero-order chi connectivity index (χ0) is 20.9. The van der Waals surface area contributed by atoms with Gasteiger partial charge in [-0.3, -0.25) is 9.10 Å². The molecule has 0 heterocycles. The fourth-order valence-electron chi connectivity index (χ4n) is 3.02. The van der Waals surface area contributed by atoms with Crippen molar-refractivity contribution in [3.63, 3.8) is 0 Å². The average molecular weight is 405 g/mol. The molecule has 2 rings (SSSR count). The van der Waals surface area contributed by atoms with Crippen molar-refractivity contribution >= 4 is 21.6 Å². The molecular weight excluding hydrogens is 376 g/mol. The topological polar surface area (TPSA) is 66.9 Å². The Morgan fingerprint density at radius 1 is 1.07 bits per heavy atom. The molecule has 0 N–H and O–H groups in total. The standard InChI is InChI=1S/C21H28N2O4S/c1-6-27-20-13-11-19(12-14-20)23(28(5,25)26)17(3)21(24)22(4)15-18-9-7-16(2)8-10-18/h7-14,17H,6,15H2,1-5H3/t17-/m0/s1. The molecule has 6 nitrogen and oxygen atoms in total. The summed E-state index contributed by atoms with van der Waals surface area (Å²) in [5.74, 6) is 0.370. The highest BCUT2D eigenvalue weighted by molar-refractivity contribution is 7.92. The van der Waals surface area contributed by atoms with Gasteiger partial charge < -0.3 is 9.64 Å². The smallest absolute Gasteiger partial charge is 0.246 e. The number of amides is 1. The lowest BCUT2D eigenvalue weighted by Crippen LogP contribution is -2.48. The Morgan fingerprint density at radius 2 is 1.64 bits per heavy atom. The number of anilines is 1. The van der Waals surface area contributed by atoms with Crippen LogP contribution in [0.2, 0.25) is 0 Å². The number of nitrogens with zero attached hydrogens (tertiary/aromatic N) is 2. The van der Waals surface area contributed by atoms with E-state index >= 15 is 0 Å². The second kappa shape index (κ2) is 9.10. The first kappa shape index (κ1) is 21.8. The number of sulfonamides is 1. The fourth-order valence-corrected chi connectivity index (χ4v) is 4.19. The van der Waals surface area contributed by atoms with Gasteiger partial charge in [0, 0.05) is 13.6 Å². The predicted molar refractivity (Wildman–Crippen MR) is 112 cm³/mol.